The zero-order valence-electron chi connectivity index (χ0n) is 19.6. The Balaban J connectivity index is 0.000000144. The Bertz CT molecular complexity index is 516. The van der Waals surface area contributed by atoms with Gasteiger partial charge in [0.25, 0.3) is 0 Å². The van der Waals surface area contributed by atoms with Crippen LogP contribution in [0.3, 0.4) is 0 Å². The third-order valence-electron chi connectivity index (χ3n) is 9.90. The molecule has 4 aliphatic carbocycles. The van der Waals surface area contributed by atoms with E-state index < -0.39 is 0 Å². The molecule has 10 unspecified atom stereocenters. The fraction of sp³-hybridized carbons (Fsp3) is 1.00. The molecule has 0 radical (unpaired) electrons. The van der Waals surface area contributed by atoms with Gasteiger partial charge >= 0.3 is 10.1 Å². The molecule has 4 nitrogen and oxygen atoms in total. The van der Waals surface area contributed by atoms with Gasteiger partial charge in [-0.2, -0.15) is 0 Å². The molecule has 0 aromatic heterocycles. The van der Waals surface area contributed by atoms with Gasteiger partial charge in [0.05, 0.1) is 0 Å². The summed E-state index contributed by atoms with van der Waals surface area (Å²) in [7, 11) is 0. The van der Waals surface area contributed by atoms with E-state index in [9.17, 15) is 10.2 Å². The van der Waals surface area contributed by atoms with E-state index in [0.717, 1.165) is 49.6 Å². The van der Waals surface area contributed by atoms with Crippen LogP contribution in [-0.4, -0.2) is 47.5 Å². The molecule has 1 N–H and O–H groups in total. The monoisotopic (exact) mass is 424 g/mol. The van der Waals surface area contributed by atoms with Crippen molar-refractivity contribution in [3.63, 3.8) is 0 Å². The van der Waals surface area contributed by atoms with Crippen molar-refractivity contribution in [2.45, 2.75) is 114 Å². The predicted octanol–water partition coefficient (Wildman–Crippen LogP) is 2.99. The molecule has 0 aromatic carbocycles. The molecule has 0 amide bonds. The third-order valence-corrected chi connectivity index (χ3v) is 9.90. The smallest absolute Gasteiger partial charge is 0.852 e. The van der Waals surface area contributed by atoms with Gasteiger partial charge in [-0.25, -0.2) is 0 Å². The fourth-order valence-corrected chi connectivity index (χ4v) is 8.51. The summed E-state index contributed by atoms with van der Waals surface area (Å²) < 4.78 is 0. The second-order valence-corrected chi connectivity index (χ2v) is 11.4. The largest absolute Gasteiger partial charge is 2.00 e. The zero-order valence-corrected chi connectivity index (χ0v) is 19.6. The molecule has 4 saturated carbocycles. The van der Waals surface area contributed by atoms with Crippen LogP contribution >= 0.6 is 0 Å². The van der Waals surface area contributed by atoms with Gasteiger partial charge in [-0.05, 0) is 55.9 Å². The molecule has 6 aliphatic rings. The summed E-state index contributed by atoms with van der Waals surface area (Å²) in [6.07, 6.45) is 17.0. The zero-order chi connectivity index (χ0) is 20.5. The summed E-state index contributed by atoms with van der Waals surface area (Å²) in [5.41, 5.74) is 0. The summed E-state index contributed by atoms with van der Waals surface area (Å²) in [6, 6.07) is 1.04. The number of nitrogens with zero attached hydrogens (tertiary/aromatic N) is 1. The van der Waals surface area contributed by atoms with Crippen molar-refractivity contribution in [1.29, 1.82) is 0 Å². The Hall–Kier alpha value is 0.00883. The molecule has 0 aromatic rings. The van der Waals surface area contributed by atoms with Gasteiger partial charge < -0.3 is 20.8 Å². The summed E-state index contributed by atoms with van der Waals surface area (Å²) in [6.45, 7) is 2.17. The molecular formula is C26H43BeN2O2-. The minimum Gasteiger partial charge on any atom is -0.852 e. The number of fused-ring (bicyclic) bond motifs is 6. The Morgan fingerprint density at radius 1 is 0.581 bits per heavy atom. The van der Waals surface area contributed by atoms with E-state index >= 15 is 0 Å². The molecule has 0 spiro atoms. The van der Waals surface area contributed by atoms with Crippen molar-refractivity contribution in [3.8, 4) is 0 Å². The predicted molar refractivity (Wildman–Crippen MR) is 123 cm³/mol. The molecule has 6 rings (SSSR count). The van der Waals surface area contributed by atoms with Crippen LogP contribution in [0, 0.1) is 35.5 Å². The van der Waals surface area contributed by atoms with Gasteiger partial charge in [0.2, 0.25) is 0 Å². The van der Waals surface area contributed by atoms with E-state index in [0.29, 0.717) is 23.9 Å². The molecule has 6 fully saturated rings. The van der Waals surface area contributed by atoms with Crippen molar-refractivity contribution >= 4 is 10.1 Å². The standard InChI is InChI=1S/C13H22NO.C13H21NO.Be/c2*15-11-5-1-3-9-6-7-10-4-2-8-14-13(10)12(9)11;/h9-14H,1-8H2;9-13H,1-8H2;/q-1;-2;+2. The molecule has 31 heavy (non-hydrogen) atoms. The van der Waals surface area contributed by atoms with Crippen LogP contribution in [0.15, 0.2) is 0 Å². The average molecular weight is 425 g/mol. The van der Waals surface area contributed by atoms with Crippen LogP contribution in [-0.2, 0) is 0 Å². The Morgan fingerprint density at radius 3 is 1.94 bits per heavy atom. The number of nitrogens with one attached hydrogen (secondary N) is 1. The molecule has 2 saturated heterocycles. The summed E-state index contributed by atoms with van der Waals surface area (Å²) in [5, 5.41) is 32.7. The SMILES string of the molecule is [Be+2].[O-]C1CCCC2CCC3CCCNC3C12.[O-]C1CCCC2CCC3CCC[N-]C3C12. The quantitative estimate of drug-likeness (QED) is 0.608. The summed E-state index contributed by atoms with van der Waals surface area (Å²) in [4.78, 5) is 0. The van der Waals surface area contributed by atoms with Gasteiger partial charge in [0, 0.05) is 6.04 Å². The first-order chi connectivity index (χ1) is 14.7. The van der Waals surface area contributed by atoms with Crippen molar-refractivity contribution in [2.24, 2.45) is 35.5 Å². The van der Waals surface area contributed by atoms with Crippen LogP contribution in [0.25, 0.3) is 5.32 Å². The van der Waals surface area contributed by atoms with Crippen LogP contribution in [0.1, 0.15) is 89.9 Å². The van der Waals surface area contributed by atoms with E-state index in [4.69, 9.17) is 5.32 Å². The van der Waals surface area contributed by atoms with Crippen molar-refractivity contribution in [1.82, 2.24) is 5.32 Å². The average Bonchev–Trinajstić information content (AvgIpc) is 2.79. The first-order valence-electron chi connectivity index (χ1n) is 13.4. The number of hydrogen-bond donors (Lipinski definition) is 1. The van der Waals surface area contributed by atoms with Crippen LogP contribution < -0.4 is 15.5 Å². The molecule has 172 valence electrons. The van der Waals surface area contributed by atoms with Crippen molar-refractivity contribution in [2.75, 3.05) is 13.1 Å². The Morgan fingerprint density at radius 2 is 1.16 bits per heavy atom. The van der Waals surface area contributed by atoms with E-state index in [2.05, 4.69) is 5.32 Å². The van der Waals surface area contributed by atoms with E-state index in [1.54, 1.807) is 0 Å². The molecule has 5 heteroatoms. The maximum atomic E-state index is 12.1. The molecule has 10 atom stereocenters. The number of piperidine rings is 2. The second kappa shape index (κ2) is 11.0. The minimum atomic E-state index is -0.293. The first-order valence-corrected chi connectivity index (χ1v) is 13.4. The summed E-state index contributed by atoms with van der Waals surface area (Å²) in [5.74, 6) is 3.97. The van der Waals surface area contributed by atoms with Crippen LogP contribution in [0.4, 0.5) is 0 Å². The molecule has 2 aliphatic heterocycles. The number of hydrogen-bond acceptors (Lipinski definition) is 3. The van der Waals surface area contributed by atoms with Crippen LogP contribution in [0.5, 0.6) is 0 Å². The van der Waals surface area contributed by atoms with Gasteiger partial charge in [0.1, 0.15) is 0 Å². The minimum absolute atomic E-state index is 0. The van der Waals surface area contributed by atoms with Gasteiger partial charge in [-0.3, -0.25) is 0 Å². The van der Waals surface area contributed by atoms with Gasteiger partial charge in [-0.1, -0.05) is 76.0 Å². The van der Waals surface area contributed by atoms with E-state index in [1.807, 2.05) is 0 Å². The molecular weight excluding hydrogens is 381 g/mol. The maximum absolute atomic E-state index is 12.1. The fourth-order valence-electron chi connectivity index (χ4n) is 8.51. The van der Waals surface area contributed by atoms with Gasteiger partial charge in [0.15, 0.2) is 0 Å². The topological polar surface area (TPSA) is 72.2 Å². The normalized spacial score (nSPS) is 49.0. The first kappa shape index (κ1) is 24.1. The second-order valence-electron chi connectivity index (χ2n) is 11.4. The Labute approximate surface area is 193 Å². The van der Waals surface area contributed by atoms with E-state index in [1.165, 1.54) is 77.0 Å². The van der Waals surface area contributed by atoms with Crippen LogP contribution in [0.2, 0.25) is 0 Å². The molecule has 0 bridgehead atoms. The molecule has 2 heterocycles. The summed E-state index contributed by atoms with van der Waals surface area (Å²) >= 11 is 0. The van der Waals surface area contributed by atoms with Crippen molar-refractivity contribution in [3.05, 3.63) is 5.32 Å². The van der Waals surface area contributed by atoms with Gasteiger partial charge in [-0.15, -0.1) is 24.8 Å². The number of rotatable bonds is 0. The maximum Gasteiger partial charge on any atom is 2.00 e. The third kappa shape index (κ3) is 5.09. The van der Waals surface area contributed by atoms with E-state index in [-0.39, 0.29) is 22.3 Å². The Kier molecular flexibility index (Phi) is 8.53. The van der Waals surface area contributed by atoms with Crippen molar-refractivity contribution < 1.29 is 10.2 Å².